The maximum atomic E-state index is 8.79. The van der Waals surface area contributed by atoms with Gasteiger partial charge in [0.15, 0.2) is 0 Å². The number of aryl methyl sites for hydroxylation is 1. The van der Waals surface area contributed by atoms with Crippen LogP contribution < -0.4 is 5.46 Å². The minimum absolute atomic E-state index is 0.193. The Bertz CT molecular complexity index is 333. The summed E-state index contributed by atoms with van der Waals surface area (Å²) in [6, 6.07) is 4.69. The molecule has 1 aromatic heterocycles. The molecule has 2 N–H and O–H groups in total. The minimum atomic E-state index is -1.54. The maximum absolute atomic E-state index is 8.79. The van der Waals surface area contributed by atoms with Crippen LogP contribution >= 0.6 is 0 Å². The van der Waals surface area contributed by atoms with Gasteiger partial charge in [0.25, 0.3) is 0 Å². The van der Waals surface area contributed by atoms with Gasteiger partial charge in [-0.05, 0) is 24.5 Å². The van der Waals surface area contributed by atoms with Gasteiger partial charge in [-0.25, -0.2) is 4.98 Å². The third kappa shape index (κ3) is 1.81. The second kappa shape index (κ2) is 3.35. The highest BCUT2D eigenvalue weighted by Crippen LogP contribution is 1.94. The molecule has 1 aromatic rings. The predicted octanol–water partition coefficient (Wildman–Crippen LogP) is -1.06. The van der Waals surface area contributed by atoms with E-state index in [1.165, 1.54) is 12.1 Å². The molecule has 0 saturated carbocycles. The first-order valence-electron chi connectivity index (χ1n) is 3.38. The Morgan fingerprint density at radius 2 is 2.17 bits per heavy atom. The molecule has 0 aliphatic rings. The van der Waals surface area contributed by atoms with Crippen molar-refractivity contribution in [2.45, 2.75) is 6.92 Å². The third-order valence-corrected chi connectivity index (χ3v) is 1.39. The topological polar surface area (TPSA) is 77.1 Å². The Balaban J connectivity index is 3.17. The average Bonchev–Trinajstić information content (AvgIpc) is 2.03. The van der Waals surface area contributed by atoms with Gasteiger partial charge in [0.1, 0.15) is 11.8 Å². The quantitative estimate of drug-likeness (QED) is 0.516. The molecule has 0 aliphatic carbocycles. The summed E-state index contributed by atoms with van der Waals surface area (Å²) in [5.74, 6) is 0. The molecule has 5 heteroatoms. The molecule has 0 aliphatic heterocycles. The maximum Gasteiger partial charge on any atom is 0.488 e. The number of rotatable bonds is 1. The van der Waals surface area contributed by atoms with E-state index in [1.807, 2.05) is 6.07 Å². The monoisotopic (exact) mass is 162 g/mol. The summed E-state index contributed by atoms with van der Waals surface area (Å²) in [6.45, 7) is 1.69. The Labute approximate surface area is 70.3 Å². The van der Waals surface area contributed by atoms with Crippen molar-refractivity contribution in [3.05, 3.63) is 23.5 Å². The van der Waals surface area contributed by atoms with Gasteiger partial charge in [-0.1, -0.05) is 0 Å². The number of nitrogens with zero attached hydrogens (tertiary/aromatic N) is 2. The molecule has 1 heterocycles. The van der Waals surface area contributed by atoms with Crippen molar-refractivity contribution in [3.63, 3.8) is 0 Å². The normalized spacial score (nSPS) is 9.17. The zero-order valence-electron chi connectivity index (χ0n) is 6.52. The third-order valence-electron chi connectivity index (χ3n) is 1.39. The van der Waals surface area contributed by atoms with Crippen molar-refractivity contribution in [1.29, 1.82) is 5.26 Å². The number of nitriles is 1. The molecule has 4 nitrogen and oxygen atoms in total. The van der Waals surface area contributed by atoms with Crippen molar-refractivity contribution in [2.24, 2.45) is 0 Å². The second-order valence-electron chi connectivity index (χ2n) is 2.41. The molecule has 0 unspecified atom stereocenters. The first kappa shape index (κ1) is 8.72. The van der Waals surface area contributed by atoms with Gasteiger partial charge in [0.05, 0.1) is 0 Å². The van der Waals surface area contributed by atoms with Gasteiger partial charge in [0.2, 0.25) is 0 Å². The molecule has 0 bridgehead atoms. The van der Waals surface area contributed by atoms with E-state index in [2.05, 4.69) is 4.98 Å². The van der Waals surface area contributed by atoms with Gasteiger partial charge >= 0.3 is 7.12 Å². The van der Waals surface area contributed by atoms with Crippen molar-refractivity contribution >= 4 is 12.6 Å². The van der Waals surface area contributed by atoms with Crippen LogP contribution in [0.5, 0.6) is 0 Å². The summed E-state index contributed by atoms with van der Waals surface area (Å²) in [4.78, 5) is 3.85. The van der Waals surface area contributed by atoms with E-state index in [1.54, 1.807) is 6.92 Å². The summed E-state index contributed by atoms with van der Waals surface area (Å²) in [7, 11) is -1.54. The van der Waals surface area contributed by atoms with Gasteiger partial charge in [-0.2, -0.15) is 5.26 Å². The van der Waals surface area contributed by atoms with Crippen LogP contribution in [0.25, 0.3) is 0 Å². The zero-order chi connectivity index (χ0) is 9.14. The Morgan fingerprint density at radius 3 is 2.67 bits per heavy atom. The van der Waals surface area contributed by atoms with E-state index in [4.69, 9.17) is 15.3 Å². The lowest BCUT2D eigenvalue weighted by molar-refractivity contribution is 0.425. The molecule has 12 heavy (non-hydrogen) atoms. The fraction of sp³-hybridized carbons (Fsp3) is 0.143. The van der Waals surface area contributed by atoms with Crippen LogP contribution in [0.15, 0.2) is 12.1 Å². The van der Waals surface area contributed by atoms with E-state index in [9.17, 15) is 0 Å². The zero-order valence-corrected chi connectivity index (χ0v) is 6.52. The van der Waals surface area contributed by atoms with Crippen molar-refractivity contribution in [2.75, 3.05) is 0 Å². The molecule has 0 amide bonds. The summed E-state index contributed by atoms with van der Waals surface area (Å²) in [5, 5.41) is 26.1. The summed E-state index contributed by atoms with van der Waals surface area (Å²) in [5.41, 5.74) is 1.08. The Kier molecular flexibility index (Phi) is 2.43. The molecule has 0 spiro atoms. The number of pyridine rings is 1. The van der Waals surface area contributed by atoms with E-state index < -0.39 is 7.12 Å². The predicted molar refractivity (Wildman–Crippen MR) is 43.5 cm³/mol. The fourth-order valence-electron chi connectivity index (χ4n) is 0.902. The molecular formula is C7H7BN2O2. The Morgan fingerprint density at radius 1 is 1.50 bits per heavy atom. The summed E-state index contributed by atoms with van der Waals surface area (Å²) in [6.07, 6.45) is 0. The molecular weight excluding hydrogens is 155 g/mol. The smallest absolute Gasteiger partial charge is 0.423 e. The number of aromatic nitrogens is 1. The van der Waals surface area contributed by atoms with Gasteiger partial charge in [-0.3, -0.25) is 0 Å². The van der Waals surface area contributed by atoms with Crippen molar-refractivity contribution in [1.82, 2.24) is 4.98 Å². The molecule has 0 atom stereocenters. The summed E-state index contributed by atoms with van der Waals surface area (Å²) < 4.78 is 0. The molecule has 0 saturated heterocycles. The van der Waals surface area contributed by atoms with Gasteiger partial charge in [-0.15, -0.1) is 0 Å². The average molecular weight is 162 g/mol. The lowest BCUT2D eigenvalue weighted by atomic mass is 9.80. The second-order valence-corrected chi connectivity index (χ2v) is 2.41. The van der Waals surface area contributed by atoms with Crippen LogP contribution in [0, 0.1) is 18.3 Å². The highest BCUT2D eigenvalue weighted by molar-refractivity contribution is 6.58. The first-order chi connectivity index (χ1) is 5.63. The highest BCUT2D eigenvalue weighted by atomic mass is 16.4. The fourth-order valence-corrected chi connectivity index (χ4v) is 0.902. The molecule has 60 valence electrons. The summed E-state index contributed by atoms with van der Waals surface area (Å²) >= 11 is 0. The van der Waals surface area contributed by atoms with E-state index in [0.29, 0.717) is 11.2 Å². The van der Waals surface area contributed by atoms with E-state index >= 15 is 0 Å². The van der Waals surface area contributed by atoms with E-state index in [-0.39, 0.29) is 5.69 Å². The van der Waals surface area contributed by atoms with Crippen molar-refractivity contribution in [3.8, 4) is 6.07 Å². The van der Waals surface area contributed by atoms with Gasteiger partial charge in [0, 0.05) is 5.69 Å². The highest BCUT2D eigenvalue weighted by Gasteiger charge is 2.12. The van der Waals surface area contributed by atoms with Crippen LogP contribution in [0.3, 0.4) is 0 Å². The molecule has 0 aromatic carbocycles. The number of hydrogen-bond acceptors (Lipinski definition) is 4. The lowest BCUT2D eigenvalue weighted by Crippen LogP contribution is -2.30. The first-order valence-corrected chi connectivity index (χ1v) is 3.38. The van der Waals surface area contributed by atoms with Crippen LogP contribution in [-0.4, -0.2) is 22.2 Å². The van der Waals surface area contributed by atoms with Crippen LogP contribution in [0.2, 0.25) is 0 Å². The Hall–Kier alpha value is -1.38. The molecule has 1 rings (SSSR count). The molecule has 0 fully saturated rings. The lowest BCUT2D eigenvalue weighted by Gasteiger charge is -2.00. The van der Waals surface area contributed by atoms with Crippen LogP contribution in [0.1, 0.15) is 11.4 Å². The van der Waals surface area contributed by atoms with Crippen LogP contribution in [0.4, 0.5) is 0 Å². The minimum Gasteiger partial charge on any atom is -0.423 e. The van der Waals surface area contributed by atoms with Crippen molar-refractivity contribution < 1.29 is 10.0 Å². The van der Waals surface area contributed by atoms with E-state index in [0.717, 1.165) is 0 Å². The van der Waals surface area contributed by atoms with Crippen LogP contribution in [-0.2, 0) is 0 Å². The SMILES string of the molecule is Cc1cc(B(O)O)cc(C#N)n1. The number of hydrogen-bond donors (Lipinski definition) is 2. The van der Waals surface area contributed by atoms with Gasteiger partial charge < -0.3 is 10.0 Å². The molecule has 0 radical (unpaired) electrons. The largest absolute Gasteiger partial charge is 0.488 e. The standard InChI is InChI=1S/C7H7BN2O2/c1-5-2-6(8(11)12)3-7(4-9)10-5/h2-3,11-12H,1H3.